The number of nitro benzene ring substituents is 1. The highest BCUT2D eigenvalue weighted by atomic mass is 16.6. The Balaban J connectivity index is 2.77. The lowest BCUT2D eigenvalue weighted by Crippen LogP contribution is -2.16. The van der Waals surface area contributed by atoms with Crippen LogP contribution < -0.4 is 4.74 Å². The van der Waals surface area contributed by atoms with Crippen molar-refractivity contribution in [3.05, 3.63) is 33.9 Å². The monoisotopic (exact) mass is 239 g/mol. The first-order valence-electron chi connectivity index (χ1n) is 5.03. The number of hydrogen-bond donors (Lipinski definition) is 1. The topological polar surface area (TPSA) is 89.7 Å². The molecule has 6 heteroatoms. The molecule has 0 aliphatic rings. The number of nitro groups is 1. The van der Waals surface area contributed by atoms with Gasteiger partial charge < -0.3 is 9.84 Å². The molecule has 1 atom stereocenters. The smallest absolute Gasteiger partial charge is 0.307 e. The summed E-state index contributed by atoms with van der Waals surface area (Å²) in [6, 6.07) is 4.33. The van der Waals surface area contributed by atoms with Gasteiger partial charge in [-0.2, -0.15) is 0 Å². The Morgan fingerprint density at radius 2 is 2.24 bits per heavy atom. The number of carbonyl (C=O) groups is 1. The van der Waals surface area contributed by atoms with Crippen LogP contribution in [-0.2, 0) is 4.79 Å². The number of aryl methyl sites for hydroxylation is 1. The summed E-state index contributed by atoms with van der Waals surface area (Å²) in [7, 11) is 0. The van der Waals surface area contributed by atoms with E-state index in [-0.39, 0.29) is 12.1 Å². The summed E-state index contributed by atoms with van der Waals surface area (Å²) in [5.41, 5.74) is 0.498. The maximum absolute atomic E-state index is 10.6. The van der Waals surface area contributed by atoms with E-state index in [9.17, 15) is 14.9 Å². The third-order valence-electron chi connectivity index (χ3n) is 2.16. The fraction of sp³-hybridized carbons (Fsp3) is 0.364. The maximum atomic E-state index is 10.6. The molecule has 0 saturated carbocycles. The molecule has 0 radical (unpaired) electrons. The molecule has 0 spiro atoms. The summed E-state index contributed by atoms with van der Waals surface area (Å²) >= 11 is 0. The minimum absolute atomic E-state index is 0.0169. The van der Waals surface area contributed by atoms with Crippen molar-refractivity contribution < 1.29 is 19.6 Å². The Bertz CT molecular complexity index is 443. The molecule has 92 valence electrons. The number of nitrogens with zero attached hydrogens (tertiary/aromatic N) is 1. The van der Waals surface area contributed by atoms with Gasteiger partial charge in [0.15, 0.2) is 0 Å². The molecule has 0 fully saturated rings. The molecule has 1 aromatic rings. The van der Waals surface area contributed by atoms with E-state index in [2.05, 4.69) is 0 Å². The van der Waals surface area contributed by atoms with Crippen LogP contribution in [0.4, 0.5) is 5.69 Å². The van der Waals surface area contributed by atoms with Gasteiger partial charge in [-0.1, -0.05) is 0 Å². The van der Waals surface area contributed by atoms with E-state index in [4.69, 9.17) is 9.84 Å². The van der Waals surface area contributed by atoms with Crippen molar-refractivity contribution in [3.8, 4) is 5.75 Å². The van der Waals surface area contributed by atoms with Crippen molar-refractivity contribution in [2.75, 3.05) is 0 Å². The second-order valence-corrected chi connectivity index (χ2v) is 3.73. The van der Waals surface area contributed by atoms with Crippen LogP contribution >= 0.6 is 0 Å². The van der Waals surface area contributed by atoms with Crippen LogP contribution in [0.5, 0.6) is 5.75 Å². The summed E-state index contributed by atoms with van der Waals surface area (Å²) in [6.07, 6.45) is -0.593. The molecule has 0 saturated heterocycles. The summed E-state index contributed by atoms with van der Waals surface area (Å²) in [6.45, 7) is 3.23. The Kier molecular flexibility index (Phi) is 4.03. The van der Waals surface area contributed by atoms with Gasteiger partial charge in [-0.25, -0.2) is 0 Å². The predicted molar refractivity (Wildman–Crippen MR) is 60.2 cm³/mol. The molecule has 0 amide bonds. The minimum Gasteiger partial charge on any atom is -0.490 e. The second kappa shape index (κ2) is 5.29. The molecule has 1 N–H and O–H groups in total. The van der Waals surface area contributed by atoms with Crippen LogP contribution in [0.25, 0.3) is 0 Å². The van der Waals surface area contributed by atoms with Crippen molar-refractivity contribution in [2.45, 2.75) is 26.4 Å². The highest BCUT2D eigenvalue weighted by Crippen LogP contribution is 2.24. The number of aliphatic carboxylic acids is 1. The first-order valence-corrected chi connectivity index (χ1v) is 5.03. The van der Waals surface area contributed by atoms with Crippen molar-refractivity contribution in [3.63, 3.8) is 0 Å². The predicted octanol–water partition coefficient (Wildman–Crippen LogP) is 2.15. The van der Waals surface area contributed by atoms with E-state index in [1.54, 1.807) is 13.8 Å². The molecule has 0 aromatic heterocycles. The number of benzene rings is 1. The number of hydrogen-bond acceptors (Lipinski definition) is 4. The van der Waals surface area contributed by atoms with Crippen LogP contribution in [0.1, 0.15) is 18.9 Å². The van der Waals surface area contributed by atoms with Crippen molar-refractivity contribution in [1.82, 2.24) is 0 Å². The third kappa shape index (κ3) is 3.75. The molecule has 1 aromatic carbocycles. The summed E-state index contributed by atoms with van der Waals surface area (Å²) in [5, 5.41) is 19.2. The number of ether oxygens (including phenoxy) is 1. The lowest BCUT2D eigenvalue weighted by atomic mass is 10.2. The molecule has 0 aliphatic carbocycles. The average Bonchev–Trinajstić information content (AvgIpc) is 2.15. The molecule has 0 bridgehead atoms. The highest BCUT2D eigenvalue weighted by Gasteiger charge is 2.13. The van der Waals surface area contributed by atoms with E-state index >= 15 is 0 Å². The Morgan fingerprint density at radius 3 is 2.71 bits per heavy atom. The van der Waals surface area contributed by atoms with E-state index in [1.807, 2.05) is 0 Å². The molecule has 0 unspecified atom stereocenters. The average molecular weight is 239 g/mol. The number of carboxylic acid groups (broad SMARTS) is 1. The summed E-state index contributed by atoms with van der Waals surface area (Å²) in [4.78, 5) is 20.6. The zero-order chi connectivity index (χ0) is 13.0. The third-order valence-corrected chi connectivity index (χ3v) is 2.16. The van der Waals surface area contributed by atoms with Gasteiger partial charge in [0, 0.05) is 11.6 Å². The first-order chi connectivity index (χ1) is 7.90. The van der Waals surface area contributed by atoms with Gasteiger partial charge in [0.2, 0.25) is 0 Å². The largest absolute Gasteiger partial charge is 0.490 e. The number of rotatable bonds is 5. The van der Waals surface area contributed by atoms with Gasteiger partial charge in [0.25, 0.3) is 5.69 Å². The molecular weight excluding hydrogens is 226 g/mol. The molecule has 0 aliphatic heterocycles. The van der Waals surface area contributed by atoms with E-state index in [1.165, 1.54) is 18.2 Å². The normalized spacial score (nSPS) is 11.9. The van der Waals surface area contributed by atoms with Crippen molar-refractivity contribution in [1.29, 1.82) is 0 Å². The fourth-order valence-corrected chi connectivity index (χ4v) is 1.43. The quantitative estimate of drug-likeness (QED) is 0.628. The Hall–Kier alpha value is -2.11. The number of carboxylic acids is 1. The van der Waals surface area contributed by atoms with Crippen LogP contribution in [0.2, 0.25) is 0 Å². The molecule has 1 rings (SSSR count). The zero-order valence-electron chi connectivity index (χ0n) is 9.54. The lowest BCUT2D eigenvalue weighted by molar-refractivity contribution is -0.385. The fourth-order valence-electron chi connectivity index (χ4n) is 1.43. The van der Waals surface area contributed by atoms with Gasteiger partial charge in [0.05, 0.1) is 11.3 Å². The van der Waals surface area contributed by atoms with E-state index in [0.29, 0.717) is 11.3 Å². The van der Waals surface area contributed by atoms with Gasteiger partial charge in [0.1, 0.15) is 11.9 Å². The molecule has 0 heterocycles. The van der Waals surface area contributed by atoms with Crippen molar-refractivity contribution in [2.24, 2.45) is 0 Å². The van der Waals surface area contributed by atoms with Crippen LogP contribution in [-0.4, -0.2) is 22.1 Å². The highest BCUT2D eigenvalue weighted by molar-refractivity contribution is 5.67. The minimum atomic E-state index is -0.948. The lowest BCUT2D eigenvalue weighted by Gasteiger charge is -2.12. The van der Waals surface area contributed by atoms with Gasteiger partial charge in [-0.05, 0) is 26.0 Å². The summed E-state index contributed by atoms with van der Waals surface area (Å²) in [5.74, 6) is -0.516. The van der Waals surface area contributed by atoms with Crippen LogP contribution in [0, 0.1) is 17.0 Å². The molecular formula is C11H13NO5. The van der Waals surface area contributed by atoms with E-state index in [0.717, 1.165) is 0 Å². The second-order valence-electron chi connectivity index (χ2n) is 3.73. The zero-order valence-corrected chi connectivity index (χ0v) is 9.54. The van der Waals surface area contributed by atoms with Gasteiger partial charge in [-0.15, -0.1) is 0 Å². The Labute approximate surface area is 98.0 Å². The SMILES string of the molecule is Cc1cc(O[C@H](C)CC(=O)O)ccc1[N+](=O)[O-]. The molecule has 17 heavy (non-hydrogen) atoms. The maximum Gasteiger partial charge on any atom is 0.307 e. The first kappa shape index (κ1) is 13.0. The van der Waals surface area contributed by atoms with Gasteiger partial charge >= 0.3 is 5.97 Å². The standard InChI is InChI=1S/C11H13NO5/c1-7-5-9(3-4-10(7)12(15)16)17-8(2)6-11(13)14/h3-5,8H,6H2,1-2H3,(H,13,14)/t8-/m1/s1. The molecule has 6 nitrogen and oxygen atoms in total. The Morgan fingerprint density at radius 1 is 1.59 bits per heavy atom. The van der Waals surface area contributed by atoms with Crippen molar-refractivity contribution >= 4 is 11.7 Å². The van der Waals surface area contributed by atoms with Gasteiger partial charge in [-0.3, -0.25) is 14.9 Å². The van der Waals surface area contributed by atoms with Crippen LogP contribution in [0.3, 0.4) is 0 Å². The van der Waals surface area contributed by atoms with Crippen LogP contribution in [0.15, 0.2) is 18.2 Å². The summed E-state index contributed by atoms with van der Waals surface area (Å²) < 4.78 is 5.34. The van der Waals surface area contributed by atoms with E-state index < -0.39 is 17.0 Å².